The van der Waals surface area contributed by atoms with Crippen molar-refractivity contribution in [3.8, 4) is 16.9 Å². The van der Waals surface area contributed by atoms with Crippen LogP contribution in [0.4, 0.5) is 22.7 Å². The van der Waals surface area contributed by atoms with E-state index in [0.717, 1.165) is 42.1 Å². The Morgan fingerprint density at radius 1 is 1.11 bits per heavy atom. The van der Waals surface area contributed by atoms with E-state index in [4.69, 9.17) is 4.74 Å². The predicted octanol–water partition coefficient (Wildman–Crippen LogP) is 5.36. The minimum Gasteiger partial charge on any atom is -0.492 e. The number of anilines is 3. The smallest absolute Gasteiger partial charge is 0.295 e. The number of nitro benzene ring substituents is 1. The van der Waals surface area contributed by atoms with Crippen LogP contribution in [0.25, 0.3) is 11.1 Å². The lowest BCUT2D eigenvalue weighted by Gasteiger charge is -2.25. The zero-order valence-electron chi connectivity index (χ0n) is 20.9. The fraction of sp³-hybridized carbons (Fsp3) is 0.296. The molecule has 0 amide bonds. The summed E-state index contributed by atoms with van der Waals surface area (Å²) in [5.41, 5.74) is 4.36. The normalized spacial score (nSPS) is 15.1. The molecule has 0 aliphatic carbocycles. The van der Waals surface area contributed by atoms with Crippen LogP contribution < -0.4 is 20.5 Å². The van der Waals surface area contributed by atoms with E-state index in [9.17, 15) is 15.3 Å². The maximum atomic E-state index is 12.0. The van der Waals surface area contributed by atoms with Gasteiger partial charge in [-0.25, -0.2) is 0 Å². The maximum Gasteiger partial charge on any atom is 0.295 e. The quantitative estimate of drug-likeness (QED) is 0.292. The van der Waals surface area contributed by atoms with E-state index in [1.165, 1.54) is 18.9 Å². The monoisotopic (exact) mass is 502 g/mol. The highest BCUT2D eigenvalue weighted by atomic mass is 16.6. The Morgan fingerprint density at radius 2 is 1.81 bits per heavy atom. The number of rotatable bonds is 7. The summed E-state index contributed by atoms with van der Waals surface area (Å²) in [5.74, 6) is 0.910. The van der Waals surface area contributed by atoms with Gasteiger partial charge in [0, 0.05) is 18.3 Å². The van der Waals surface area contributed by atoms with Crippen LogP contribution in [-0.2, 0) is 0 Å². The van der Waals surface area contributed by atoms with Gasteiger partial charge in [0.05, 0.1) is 4.92 Å². The maximum absolute atomic E-state index is 12.0. The average Bonchev–Trinajstić information content (AvgIpc) is 3.38. The van der Waals surface area contributed by atoms with Crippen LogP contribution >= 0.6 is 0 Å². The fourth-order valence-electron chi connectivity index (χ4n) is 4.87. The molecule has 3 aromatic rings. The number of hydrogen-bond donors (Lipinski definition) is 3. The van der Waals surface area contributed by atoms with Crippen LogP contribution in [0.15, 0.2) is 59.7 Å². The number of likely N-dealkylation sites (tertiary alicyclic amines) is 1. The molecule has 2 heterocycles. The number of hydrazone groups is 1. The molecule has 1 fully saturated rings. The summed E-state index contributed by atoms with van der Waals surface area (Å²) < 4.78 is 5.84. The van der Waals surface area contributed by atoms with E-state index in [-0.39, 0.29) is 23.0 Å². The molecule has 10 heteroatoms. The first kappa shape index (κ1) is 24.5. The fourth-order valence-corrected chi connectivity index (χ4v) is 4.87. The van der Waals surface area contributed by atoms with Gasteiger partial charge >= 0.3 is 0 Å². The van der Waals surface area contributed by atoms with Gasteiger partial charge in [-0.1, -0.05) is 18.2 Å². The Morgan fingerprint density at radius 3 is 2.49 bits per heavy atom. The minimum atomic E-state index is -0.464. The number of fused-ring (bicyclic) bond motifs is 1. The van der Waals surface area contributed by atoms with Gasteiger partial charge in [0.2, 0.25) is 5.96 Å². The summed E-state index contributed by atoms with van der Waals surface area (Å²) in [6, 6.07) is 16.4. The molecular weight excluding hydrogens is 472 g/mol. The minimum absolute atomic E-state index is 0.153. The third-order valence-corrected chi connectivity index (χ3v) is 6.71. The van der Waals surface area contributed by atoms with Gasteiger partial charge in [0.15, 0.2) is 0 Å². The molecule has 37 heavy (non-hydrogen) atoms. The summed E-state index contributed by atoms with van der Waals surface area (Å²) in [7, 11) is 0. The topological polar surface area (TPSA) is 116 Å². The molecule has 0 saturated carbocycles. The number of aryl methyl sites for hydroxylation is 2. The number of guanidine groups is 1. The van der Waals surface area contributed by atoms with Crippen LogP contribution in [0.3, 0.4) is 0 Å². The van der Waals surface area contributed by atoms with Crippen LogP contribution in [0.1, 0.15) is 24.0 Å². The molecule has 1 saturated heterocycles. The summed E-state index contributed by atoms with van der Waals surface area (Å²) in [5, 5.41) is 33.5. The highest BCUT2D eigenvalue weighted by molar-refractivity contribution is 6.09. The lowest BCUT2D eigenvalue weighted by Crippen LogP contribution is -2.32. The highest BCUT2D eigenvalue weighted by Gasteiger charge is 2.28. The second-order valence-electron chi connectivity index (χ2n) is 9.32. The molecule has 192 valence electrons. The van der Waals surface area contributed by atoms with Crippen molar-refractivity contribution in [3.05, 3.63) is 75.8 Å². The number of nitro groups is 1. The molecule has 2 aliphatic rings. The standard InChI is InChI=1S/C27H30N6O4/c1-18-6-5-7-19(2)25(18)20-16-23-26(24(17-20)33(35)36)29-27(30-32(23)34)28-21-8-10-22(11-9-21)37-15-14-31-12-3-4-13-31/h5-11,16-17,34H,3-4,12-15H2,1-2H3,(H2,28,29,30). The molecule has 3 aromatic carbocycles. The Hall–Kier alpha value is -4.15. The lowest BCUT2D eigenvalue weighted by molar-refractivity contribution is -0.383. The van der Waals surface area contributed by atoms with Crippen molar-refractivity contribution in [1.29, 1.82) is 0 Å². The third-order valence-electron chi connectivity index (χ3n) is 6.71. The zero-order chi connectivity index (χ0) is 25.9. The number of ether oxygens (including phenoxy) is 1. The summed E-state index contributed by atoms with van der Waals surface area (Å²) in [6.07, 6.45) is 2.51. The lowest BCUT2D eigenvalue weighted by atomic mass is 9.94. The SMILES string of the molecule is Cc1cccc(C)c1-c1cc2c(c([N+](=O)[O-])c1)NC(Nc1ccc(OCCN3CCCC3)cc1)=NN2O. The van der Waals surface area contributed by atoms with Crippen LogP contribution in [0.2, 0.25) is 0 Å². The first-order valence-corrected chi connectivity index (χ1v) is 12.3. The molecule has 0 atom stereocenters. The molecule has 0 radical (unpaired) electrons. The molecule has 10 nitrogen and oxygen atoms in total. The third kappa shape index (κ3) is 5.35. The van der Waals surface area contributed by atoms with E-state index >= 15 is 0 Å². The Bertz CT molecular complexity index is 1320. The predicted molar refractivity (Wildman–Crippen MR) is 145 cm³/mol. The number of benzene rings is 3. The van der Waals surface area contributed by atoms with E-state index in [0.29, 0.717) is 23.0 Å². The molecule has 2 aliphatic heterocycles. The van der Waals surface area contributed by atoms with Gasteiger partial charge in [-0.2, -0.15) is 0 Å². The molecule has 0 spiro atoms. The average molecular weight is 503 g/mol. The number of hydrogen-bond acceptors (Lipinski definition) is 9. The van der Waals surface area contributed by atoms with E-state index in [2.05, 4.69) is 20.6 Å². The molecular formula is C27H30N6O4. The largest absolute Gasteiger partial charge is 0.492 e. The van der Waals surface area contributed by atoms with Gasteiger partial charge in [0.1, 0.15) is 23.7 Å². The van der Waals surface area contributed by atoms with Crippen molar-refractivity contribution in [1.82, 2.24) is 4.90 Å². The van der Waals surface area contributed by atoms with Gasteiger partial charge in [0.25, 0.3) is 5.69 Å². The second-order valence-corrected chi connectivity index (χ2v) is 9.32. The van der Waals surface area contributed by atoms with Crippen molar-refractivity contribution >= 4 is 28.7 Å². The van der Waals surface area contributed by atoms with Gasteiger partial charge < -0.3 is 15.4 Å². The zero-order valence-corrected chi connectivity index (χ0v) is 20.9. The Balaban J connectivity index is 1.32. The van der Waals surface area contributed by atoms with E-state index in [1.54, 1.807) is 6.07 Å². The summed E-state index contributed by atoms with van der Waals surface area (Å²) in [4.78, 5) is 13.9. The van der Waals surface area contributed by atoms with Crippen molar-refractivity contribution in [2.75, 3.05) is 42.0 Å². The van der Waals surface area contributed by atoms with Crippen LogP contribution in [0.5, 0.6) is 5.75 Å². The highest BCUT2D eigenvalue weighted by Crippen LogP contribution is 2.42. The van der Waals surface area contributed by atoms with Crippen molar-refractivity contribution in [2.45, 2.75) is 26.7 Å². The first-order valence-electron chi connectivity index (χ1n) is 12.3. The molecule has 0 aromatic heterocycles. The van der Waals surface area contributed by atoms with Gasteiger partial charge in [-0.15, -0.1) is 10.3 Å². The molecule has 5 rings (SSSR count). The second kappa shape index (κ2) is 10.5. The summed E-state index contributed by atoms with van der Waals surface area (Å²) in [6.45, 7) is 7.72. The molecule has 3 N–H and O–H groups in total. The van der Waals surface area contributed by atoms with Crippen molar-refractivity contribution < 1.29 is 14.9 Å². The van der Waals surface area contributed by atoms with E-state index in [1.807, 2.05) is 56.3 Å². The first-order chi connectivity index (χ1) is 17.9. The van der Waals surface area contributed by atoms with Crippen LogP contribution in [-0.4, -0.2) is 47.2 Å². The number of nitrogens with one attached hydrogen (secondary N) is 2. The van der Waals surface area contributed by atoms with Crippen molar-refractivity contribution in [2.24, 2.45) is 5.10 Å². The Labute approximate surface area is 215 Å². The van der Waals surface area contributed by atoms with Crippen LogP contribution in [0, 0.1) is 24.0 Å². The Kier molecular flexibility index (Phi) is 6.93. The van der Waals surface area contributed by atoms with E-state index < -0.39 is 4.92 Å². The number of nitrogens with zero attached hydrogens (tertiary/aromatic N) is 4. The van der Waals surface area contributed by atoms with Crippen molar-refractivity contribution in [3.63, 3.8) is 0 Å². The summed E-state index contributed by atoms with van der Waals surface area (Å²) >= 11 is 0. The molecule has 0 bridgehead atoms. The molecule has 0 unspecified atom stereocenters. The van der Waals surface area contributed by atoms with Gasteiger partial charge in [-0.3, -0.25) is 20.2 Å². The van der Waals surface area contributed by atoms with Gasteiger partial charge in [-0.05, 0) is 92.4 Å².